The zero-order valence-corrected chi connectivity index (χ0v) is 12.9. The number of hydrogen-bond donors (Lipinski definition) is 1. The van der Waals surface area contributed by atoms with E-state index in [9.17, 15) is 13.2 Å². The number of carbonyl (C=O) groups is 1. The number of sulfone groups is 1. The zero-order chi connectivity index (χ0) is 14.6. The molecule has 0 radical (unpaired) electrons. The van der Waals surface area contributed by atoms with Gasteiger partial charge in [-0.25, -0.2) is 8.42 Å². The van der Waals surface area contributed by atoms with Crippen molar-refractivity contribution in [2.45, 2.75) is 63.3 Å². The summed E-state index contributed by atoms with van der Waals surface area (Å²) in [6, 6.07) is 0.374. The van der Waals surface area contributed by atoms with Gasteiger partial charge in [0.05, 0.1) is 0 Å². The summed E-state index contributed by atoms with van der Waals surface area (Å²) in [5.41, 5.74) is 5.88. The maximum Gasteiger partial charge on any atom is 0.240 e. The third-order valence-corrected chi connectivity index (χ3v) is 5.41. The minimum atomic E-state index is -3.33. The van der Waals surface area contributed by atoms with E-state index in [1.165, 1.54) is 6.92 Å². The third kappa shape index (κ3) is 4.45. The van der Waals surface area contributed by atoms with Gasteiger partial charge < -0.3 is 10.6 Å². The van der Waals surface area contributed by atoms with Crippen molar-refractivity contribution >= 4 is 15.7 Å². The van der Waals surface area contributed by atoms with E-state index in [4.69, 9.17) is 5.73 Å². The maximum atomic E-state index is 12.4. The fraction of sp³-hybridized carbons (Fsp3) is 0.923. The van der Waals surface area contributed by atoms with Gasteiger partial charge in [-0.2, -0.15) is 0 Å². The molecule has 0 bridgehead atoms. The lowest BCUT2D eigenvalue weighted by Gasteiger charge is -2.37. The summed E-state index contributed by atoms with van der Waals surface area (Å²) in [6.07, 6.45) is 5.53. The standard InChI is InChI=1S/C13H26N2O3S/c1-4-9-15(12-7-5-11(14)6-8-12)13(16)10(2)19(3,17)18/h10-12H,4-9,14H2,1-3H3. The van der Waals surface area contributed by atoms with Crippen LogP contribution in [-0.2, 0) is 14.6 Å². The van der Waals surface area contributed by atoms with Crippen LogP contribution in [0.4, 0.5) is 0 Å². The summed E-state index contributed by atoms with van der Waals surface area (Å²) in [5, 5.41) is -0.949. The highest BCUT2D eigenvalue weighted by Gasteiger charge is 2.33. The van der Waals surface area contributed by atoms with Crippen LogP contribution in [0.5, 0.6) is 0 Å². The van der Waals surface area contributed by atoms with Gasteiger partial charge in [0.15, 0.2) is 9.84 Å². The second-order valence-electron chi connectivity index (χ2n) is 5.57. The molecular formula is C13H26N2O3S. The molecule has 19 heavy (non-hydrogen) atoms. The van der Waals surface area contributed by atoms with Crippen molar-refractivity contribution in [2.24, 2.45) is 5.73 Å². The summed E-state index contributed by atoms with van der Waals surface area (Å²) in [4.78, 5) is 14.1. The lowest BCUT2D eigenvalue weighted by Crippen LogP contribution is -2.49. The molecule has 0 spiro atoms. The Labute approximate surface area is 116 Å². The highest BCUT2D eigenvalue weighted by molar-refractivity contribution is 7.92. The molecule has 0 aromatic carbocycles. The Kier molecular flexibility index (Phi) is 5.80. The molecule has 1 amide bonds. The van der Waals surface area contributed by atoms with Crippen molar-refractivity contribution in [1.29, 1.82) is 0 Å². The van der Waals surface area contributed by atoms with Gasteiger partial charge in [-0.15, -0.1) is 0 Å². The highest BCUT2D eigenvalue weighted by atomic mass is 32.2. The molecule has 0 heterocycles. The number of nitrogens with zero attached hydrogens (tertiary/aromatic N) is 1. The van der Waals surface area contributed by atoms with Crippen LogP contribution >= 0.6 is 0 Å². The number of hydrogen-bond acceptors (Lipinski definition) is 4. The Bertz CT molecular complexity index is 400. The van der Waals surface area contributed by atoms with E-state index >= 15 is 0 Å². The molecule has 1 aliphatic carbocycles. The second kappa shape index (κ2) is 6.70. The SMILES string of the molecule is CCCN(C(=O)C(C)S(C)(=O)=O)C1CCC(N)CC1. The summed E-state index contributed by atoms with van der Waals surface area (Å²) >= 11 is 0. The Balaban J connectivity index is 2.79. The minimum absolute atomic E-state index is 0.149. The first-order valence-corrected chi connectivity index (χ1v) is 8.97. The normalized spacial score (nSPS) is 25.9. The summed E-state index contributed by atoms with van der Waals surface area (Å²) in [6.45, 7) is 4.10. The molecule has 5 nitrogen and oxygen atoms in total. The molecule has 6 heteroatoms. The van der Waals surface area contributed by atoms with Crippen LogP contribution < -0.4 is 5.73 Å². The fourth-order valence-corrected chi connectivity index (χ4v) is 3.05. The average Bonchev–Trinajstić information content (AvgIpc) is 2.34. The van der Waals surface area contributed by atoms with Crippen LogP contribution in [-0.4, -0.2) is 49.4 Å². The van der Waals surface area contributed by atoms with Crippen LogP contribution in [0.15, 0.2) is 0 Å². The summed E-state index contributed by atoms with van der Waals surface area (Å²) in [5.74, 6) is -0.259. The van der Waals surface area contributed by atoms with Crippen molar-refractivity contribution in [2.75, 3.05) is 12.8 Å². The van der Waals surface area contributed by atoms with E-state index < -0.39 is 15.1 Å². The van der Waals surface area contributed by atoms with Gasteiger partial charge in [0, 0.05) is 24.9 Å². The van der Waals surface area contributed by atoms with Gasteiger partial charge >= 0.3 is 0 Å². The van der Waals surface area contributed by atoms with Crippen molar-refractivity contribution in [3.8, 4) is 0 Å². The van der Waals surface area contributed by atoms with Gasteiger partial charge in [0.1, 0.15) is 5.25 Å². The first-order chi connectivity index (χ1) is 8.77. The monoisotopic (exact) mass is 290 g/mol. The van der Waals surface area contributed by atoms with E-state index in [0.717, 1.165) is 38.4 Å². The van der Waals surface area contributed by atoms with Crippen LogP contribution in [0.25, 0.3) is 0 Å². The van der Waals surface area contributed by atoms with E-state index in [2.05, 4.69) is 0 Å². The van der Waals surface area contributed by atoms with E-state index in [-0.39, 0.29) is 18.0 Å². The number of carbonyl (C=O) groups excluding carboxylic acids is 1. The van der Waals surface area contributed by atoms with Gasteiger partial charge in [-0.3, -0.25) is 4.79 Å². The minimum Gasteiger partial charge on any atom is -0.339 e. The molecular weight excluding hydrogens is 264 g/mol. The molecule has 1 atom stereocenters. The molecule has 0 aromatic rings. The lowest BCUT2D eigenvalue weighted by atomic mass is 9.90. The molecule has 0 aliphatic heterocycles. The smallest absolute Gasteiger partial charge is 0.240 e. The number of rotatable bonds is 5. The van der Waals surface area contributed by atoms with E-state index in [1.54, 1.807) is 4.90 Å². The summed E-state index contributed by atoms with van der Waals surface area (Å²) < 4.78 is 23.1. The van der Waals surface area contributed by atoms with Crippen molar-refractivity contribution in [3.63, 3.8) is 0 Å². The second-order valence-corrected chi connectivity index (χ2v) is 7.94. The molecule has 1 aliphatic rings. The van der Waals surface area contributed by atoms with Gasteiger partial charge in [0.25, 0.3) is 0 Å². The van der Waals surface area contributed by atoms with Gasteiger partial charge in [-0.1, -0.05) is 6.92 Å². The molecule has 112 valence electrons. The first-order valence-electron chi connectivity index (χ1n) is 7.02. The average molecular weight is 290 g/mol. The van der Waals surface area contributed by atoms with Gasteiger partial charge in [-0.05, 0) is 39.0 Å². The van der Waals surface area contributed by atoms with Gasteiger partial charge in [0.2, 0.25) is 5.91 Å². The largest absolute Gasteiger partial charge is 0.339 e. The molecule has 1 rings (SSSR count). The maximum absolute atomic E-state index is 12.4. The van der Waals surface area contributed by atoms with Crippen molar-refractivity contribution in [3.05, 3.63) is 0 Å². The summed E-state index contributed by atoms with van der Waals surface area (Å²) in [7, 11) is -3.33. The lowest BCUT2D eigenvalue weighted by molar-refractivity contribution is -0.133. The predicted molar refractivity (Wildman–Crippen MR) is 76.5 cm³/mol. The van der Waals surface area contributed by atoms with Crippen LogP contribution in [0.1, 0.15) is 46.0 Å². The van der Waals surface area contributed by atoms with Crippen LogP contribution in [0, 0.1) is 0 Å². The highest BCUT2D eigenvalue weighted by Crippen LogP contribution is 2.23. The van der Waals surface area contributed by atoms with Crippen molar-refractivity contribution < 1.29 is 13.2 Å². The van der Waals surface area contributed by atoms with Crippen molar-refractivity contribution in [1.82, 2.24) is 4.90 Å². The molecule has 0 aromatic heterocycles. The number of amides is 1. The topological polar surface area (TPSA) is 80.5 Å². The zero-order valence-electron chi connectivity index (χ0n) is 12.1. The fourth-order valence-electron chi connectivity index (χ4n) is 2.54. The Morgan fingerprint density at radius 2 is 1.84 bits per heavy atom. The van der Waals surface area contributed by atoms with E-state index in [0.29, 0.717) is 6.54 Å². The predicted octanol–water partition coefficient (Wildman–Crippen LogP) is 0.928. The Morgan fingerprint density at radius 1 is 1.32 bits per heavy atom. The number of nitrogens with two attached hydrogens (primary N) is 1. The van der Waals surface area contributed by atoms with Crippen LogP contribution in [0.2, 0.25) is 0 Å². The van der Waals surface area contributed by atoms with E-state index in [1.807, 2.05) is 6.92 Å². The first kappa shape index (κ1) is 16.4. The molecule has 0 saturated heterocycles. The molecule has 1 saturated carbocycles. The third-order valence-electron chi connectivity index (χ3n) is 3.92. The van der Waals surface area contributed by atoms with Crippen LogP contribution in [0.3, 0.4) is 0 Å². The Morgan fingerprint density at radius 3 is 2.26 bits per heavy atom. The quantitative estimate of drug-likeness (QED) is 0.816. The molecule has 1 fully saturated rings. The molecule has 2 N–H and O–H groups in total. The Hall–Kier alpha value is -0.620. The molecule has 1 unspecified atom stereocenters.